The Morgan fingerprint density at radius 1 is 1.04 bits per heavy atom. The lowest BCUT2D eigenvalue weighted by molar-refractivity contribution is -0.128. The quantitative estimate of drug-likeness (QED) is 0.859. The van der Waals surface area contributed by atoms with Crippen molar-refractivity contribution in [3.05, 3.63) is 65.7 Å². The minimum absolute atomic E-state index is 0.0146. The molecule has 0 aromatic heterocycles. The molecule has 2 amide bonds. The molecule has 5 heteroatoms. The smallest absolute Gasteiger partial charge is 0.251 e. The van der Waals surface area contributed by atoms with Crippen molar-refractivity contribution in [3.63, 3.8) is 0 Å². The standard InChI is InChI=1S/C18H21N3O2/c1-19-18(23)15-9-6-10-16(11-15)20-12-17(22)21(2)13-14-7-4-3-5-8-14/h3-11,20H,12-13H2,1-2H3,(H,19,23). The highest BCUT2D eigenvalue weighted by atomic mass is 16.2. The molecule has 0 aliphatic heterocycles. The Hall–Kier alpha value is -2.82. The van der Waals surface area contributed by atoms with Gasteiger partial charge in [0.2, 0.25) is 5.91 Å². The van der Waals surface area contributed by atoms with Crippen LogP contribution in [0.5, 0.6) is 0 Å². The molecule has 0 bridgehead atoms. The van der Waals surface area contributed by atoms with E-state index in [4.69, 9.17) is 0 Å². The Kier molecular flexibility index (Phi) is 5.74. The van der Waals surface area contributed by atoms with Crippen LogP contribution < -0.4 is 10.6 Å². The third-order valence-electron chi connectivity index (χ3n) is 3.48. The van der Waals surface area contributed by atoms with Gasteiger partial charge in [-0.25, -0.2) is 0 Å². The second-order valence-corrected chi connectivity index (χ2v) is 5.25. The van der Waals surface area contributed by atoms with E-state index in [1.165, 1.54) is 0 Å². The minimum Gasteiger partial charge on any atom is -0.376 e. The van der Waals surface area contributed by atoms with Crippen LogP contribution in [0, 0.1) is 0 Å². The van der Waals surface area contributed by atoms with Gasteiger partial charge >= 0.3 is 0 Å². The second-order valence-electron chi connectivity index (χ2n) is 5.25. The largest absolute Gasteiger partial charge is 0.376 e. The van der Waals surface area contributed by atoms with Crippen molar-refractivity contribution < 1.29 is 9.59 Å². The lowest BCUT2D eigenvalue weighted by Crippen LogP contribution is -2.31. The summed E-state index contributed by atoms with van der Waals surface area (Å²) < 4.78 is 0. The van der Waals surface area contributed by atoms with Gasteiger partial charge in [-0.05, 0) is 23.8 Å². The molecule has 0 saturated carbocycles. The first kappa shape index (κ1) is 16.5. The van der Waals surface area contributed by atoms with Gasteiger partial charge in [-0.2, -0.15) is 0 Å². The zero-order chi connectivity index (χ0) is 16.7. The van der Waals surface area contributed by atoms with Crippen LogP contribution in [0.3, 0.4) is 0 Å². The highest BCUT2D eigenvalue weighted by Gasteiger charge is 2.09. The summed E-state index contributed by atoms with van der Waals surface area (Å²) >= 11 is 0. The van der Waals surface area contributed by atoms with Crippen LogP contribution in [-0.4, -0.2) is 37.4 Å². The Morgan fingerprint density at radius 3 is 2.48 bits per heavy atom. The molecule has 0 fully saturated rings. The Morgan fingerprint density at radius 2 is 1.78 bits per heavy atom. The van der Waals surface area contributed by atoms with Crippen LogP contribution in [-0.2, 0) is 11.3 Å². The summed E-state index contributed by atoms with van der Waals surface area (Å²) in [6, 6.07) is 16.9. The zero-order valence-electron chi connectivity index (χ0n) is 13.4. The van der Waals surface area contributed by atoms with Gasteiger partial charge in [-0.3, -0.25) is 9.59 Å². The van der Waals surface area contributed by atoms with E-state index in [-0.39, 0.29) is 18.4 Å². The summed E-state index contributed by atoms with van der Waals surface area (Å²) in [5.41, 5.74) is 2.39. The van der Waals surface area contributed by atoms with Crippen molar-refractivity contribution in [2.75, 3.05) is 26.0 Å². The average molecular weight is 311 g/mol. The topological polar surface area (TPSA) is 61.4 Å². The summed E-state index contributed by atoms with van der Waals surface area (Å²) in [5, 5.41) is 5.64. The lowest BCUT2D eigenvalue weighted by Gasteiger charge is -2.18. The number of nitrogens with one attached hydrogen (secondary N) is 2. The fourth-order valence-corrected chi connectivity index (χ4v) is 2.17. The number of rotatable bonds is 6. The fraction of sp³-hybridized carbons (Fsp3) is 0.222. The summed E-state index contributed by atoms with van der Waals surface area (Å²) in [7, 11) is 3.36. The summed E-state index contributed by atoms with van der Waals surface area (Å²) in [6.07, 6.45) is 0. The van der Waals surface area contributed by atoms with Crippen molar-refractivity contribution in [2.45, 2.75) is 6.54 Å². The molecule has 0 aliphatic rings. The van der Waals surface area contributed by atoms with Gasteiger partial charge < -0.3 is 15.5 Å². The van der Waals surface area contributed by atoms with Crippen LogP contribution >= 0.6 is 0 Å². The molecule has 5 nitrogen and oxygen atoms in total. The van der Waals surface area contributed by atoms with Gasteiger partial charge in [0.1, 0.15) is 0 Å². The zero-order valence-corrected chi connectivity index (χ0v) is 13.4. The predicted molar refractivity (Wildman–Crippen MR) is 91.2 cm³/mol. The van der Waals surface area contributed by atoms with Crippen LogP contribution in [0.25, 0.3) is 0 Å². The third kappa shape index (κ3) is 4.85. The molecule has 120 valence electrons. The maximum Gasteiger partial charge on any atom is 0.251 e. The molecule has 2 aromatic rings. The molecule has 0 unspecified atom stereocenters. The van der Waals surface area contributed by atoms with Crippen LogP contribution in [0.2, 0.25) is 0 Å². The highest BCUT2D eigenvalue weighted by molar-refractivity contribution is 5.95. The number of hydrogen-bond donors (Lipinski definition) is 2. The van der Waals surface area contributed by atoms with Gasteiger partial charge in [0.15, 0.2) is 0 Å². The number of benzene rings is 2. The van der Waals surface area contributed by atoms with Crippen LogP contribution in [0.1, 0.15) is 15.9 Å². The number of nitrogens with zero attached hydrogens (tertiary/aromatic N) is 1. The molecule has 0 aliphatic carbocycles. The Bertz CT molecular complexity index is 671. The van der Waals surface area contributed by atoms with E-state index in [1.54, 1.807) is 37.2 Å². The molecule has 0 atom stereocenters. The van der Waals surface area contributed by atoms with Crippen molar-refractivity contribution >= 4 is 17.5 Å². The van der Waals surface area contributed by atoms with E-state index in [9.17, 15) is 9.59 Å². The van der Waals surface area contributed by atoms with Gasteiger partial charge in [0.25, 0.3) is 5.91 Å². The second kappa shape index (κ2) is 7.98. The van der Waals surface area contributed by atoms with E-state index < -0.39 is 0 Å². The van der Waals surface area contributed by atoms with E-state index in [1.807, 2.05) is 36.4 Å². The van der Waals surface area contributed by atoms with Gasteiger partial charge in [-0.1, -0.05) is 36.4 Å². The molecular formula is C18H21N3O2. The van der Waals surface area contributed by atoms with Gasteiger partial charge in [-0.15, -0.1) is 0 Å². The number of hydrogen-bond acceptors (Lipinski definition) is 3. The number of anilines is 1. The number of amides is 2. The molecule has 2 N–H and O–H groups in total. The van der Waals surface area contributed by atoms with E-state index in [2.05, 4.69) is 10.6 Å². The lowest BCUT2D eigenvalue weighted by atomic mass is 10.2. The maximum atomic E-state index is 12.2. The first-order chi connectivity index (χ1) is 11.1. The number of likely N-dealkylation sites (N-methyl/N-ethyl adjacent to an activating group) is 1. The first-order valence-electron chi connectivity index (χ1n) is 7.44. The summed E-state index contributed by atoms with van der Waals surface area (Å²) in [6.45, 7) is 0.750. The highest BCUT2D eigenvalue weighted by Crippen LogP contribution is 2.10. The summed E-state index contributed by atoms with van der Waals surface area (Å²) in [5.74, 6) is -0.166. The van der Waals surface area contributed by atoms with Crippen molar-refractivity contribution in [1.82, 2.24) is 10.2 Å². The van der Waals surface area contributed by atoms with Crippen molar-refractivity contribution in [1.29, 1.82) is 0 Å². The van der Waals surface area contributed by atoms with Crippen LogP contribution in [0.4, 0.5) is 5.69 Å². The van der Waals surface area contributed by atoms with E-state index >= 15 is 0 Å². The molecule has 0 radical (unpaired) electrons. The fourth-order valence-electron chi connectivity index (χ4n) is 2.17. The molecule has 0 spiro atoms. The first-order valence-corrected chi connectivity index (χ1v) is 7.44. The van der Waals surface area contributed by atoms with Gasteiger partial charge in [0, 0.05) is 31.9 Å². The van der Waals surface area contributed by atoms with Crippen molar-refractivity contribution in [3.8, 4) is 0 Å². The molecule has 0 saturated heterocycles. The normalized spacial score (nSPS) is 10.0. The minimum atomic E-state index is -0.152. The molecule has 2 aromatic carbocycles. The SMILES string of the molecule is CNC(=O)c1cccc(NCC(=O)N(C)Cc2ccccc2)c1. The summed E-state index contributed by atoms with van der Waals surface area (Å²) in [4.78, 5) is 25.5. The molecular weight excluding hydrogens is 290 g/mol. The Labute approximate surface area is 136 Å². The van der Waals surface area contributed by atoms with E-state index in [0.717, 1.165) is 11.3 Å². The van der Waals surface area contributed by atoms with Gasteiger partial charge in [0.05, 0.1) is 6.54 Å². The number of carbonyl (C=O) groups excluding carboxylic acids is 2. The van der Waals surface area contributed by atoms with Crippen molar-refractivity contribution in [2.24, 2.45) is 0 Å². The average Bonchev–Trinajstić information content (AvgIpc) is 2.60. The molecule has 0 heterocycles. The predicted octanol–water partition coefficient (Wildman–Crippen LogP) is 2.12. The van der Waals surface area contributed by atoms with E-state index in [0.29, 0.717) is 12.1 Å². The Balaban J connectivity index is 1.90. The monoisotopic (exact) mass is 311 g/mol. The molecule has 2 rings (SSSR count). The molecule has 23 heavy (non-hydrogen) atoms. The number of carbonyl (C=O) groups is 2. The third-order valence-corrected chi connectivity index (χ3v) is 3.48. The van der Waals surface area contributed by atoms with Crippen LogP contribution in [0.15, 0.2) is 54.6 Å². The maximum absolute atomic E-state index is 12.2.